The lowest BCUT2D eigenvalue weighted by molar-refractivity contribution is -0.140. The number of carbonyl (C=O) groups excluding carboxylic acids is 2. The summed E-state index contributed by atoms with van der Waals surface area (Å²) in [5.74, 6) is -1.43. The number of alkyl halides is 3. The van der Waals surface area contributed by atoms with Crippen molar-refractivity contribution in [2.75, 3.05) is 17.9 Å². The van der Waals surface area contributed by atoms with Crippen molar-refractivity contribution in [1.29, 1.82) is 0 Å². The van der Waals surface area contributed by atoms with Gasteiger partial charge in [0.2, 0.25) is 11.8 Å². The molecule has 0 aliphatic heterocycles. The predicted octanol–water partition coefficient (Wildman–Crippen LogP) is 6.41. The third-order valence-electron chi connectivity index (χ3n) is 6.14. The molecule has 0 aliphatic rings. The van der Waals surface area contributed by atoms with Gasteiger partial charge in [0.1, 0.15) is 12.6 Å². The number of benzene rings is 3. The summed E-state index contributed by atoms with van der Waals surface area (Å²) in [4.78, 5) is 27.5. The van der Waals surface area contributed by atoms with E-state index in [1.807, 2.05) is 0 Å². The molecule has 0 fully saturated rings. The molecule has 3 rings (SSSR count). The first-order valence-electron chi connectivity index (χ1n) is 12.1. The highest BCUT2D eigenvalue weighted by Gasteiger charge is 2.37. The first-order chi connectivity index (χ1) is 19.2. The largest absolute Gasteiger partial charge is 0.416 e. The average Bonchev–Trinajstić information content (AvgIpc) is 2.92. The molecule has 1 atom stereocenters. The van der Waals surface area contributed by atoms with E-state index in [0.717, 1.165) is 11.0 Å². The van der Waals surface area contributed by atoms with Crippen LogP contribution in [0.15, 0.2) is 71.6 Å². The van der Waals surface area contributed by atoms with E-state index in [-0.39, 0.29) is 27.9 Å². The van der Waals surface area contributed by atoms with Crippen LogP contribution in [0.5, 0.6) is 0 Å². The van der Waals surface area contributed by atoms with Crippen molar-refractivity contribution in [3.63, 3.8) is 0 Å². The maximum absolute atomic E-state index is 13.9. The summed E-state index contributed by atoms with van der Waals surface area (Å²) in [5, 5.41) is 2.65. The fourth-order valence-electron chi connectivity index (χ4n) is 4.03. The van der Waals surface area contributed by atoms with Gasteiger partial charge in [-0.25, -0.2) is 8.42 Å². The summed E-state index contributed by atoms with van der Waals surface area (Å²) in [7, 11) is -3.25. The Bertz CT molecular complexity index is 1520. The molecule has 0 heterocycles. The van der Waals surface area contributed by atoms with E-state index in [4.69, 9.17) is 34.8 Å². The zero-order valence-corrected chi connectivity index (χ0v) is 24.8. The van der Waals surface area contributed by atoms with E-state index in [2.05, 4.69) is 5.32 Å². The molecule has 0 radical (unpaired) electrons. The molecular weight excluding hydrogens is 626 g/mol. The first kappa shape index (κ1) is 32.5. The molecule has 0 saturated carbocycles. The van der Waals surface area contributed by atoms with Gasteiger partial charge in [0.05, 0.1) is 21.2 Å². The van der Waals surface area contributed by atoms with E-state index >= 15 is 0 Å². The number of likely N-dealkylation sites (N-methyl/N-ethyl adjacent to an activating group) is 1. The van der Waals surface area contributed by atoms with Crippen LogP contribution in [0.1, 0.15) is 24.5 Å². The maximum Gasteiger partial charge on any atom is 0.416 e. The first-order valence-corrected chi connectivity index (χ1v) is 14.7. The molecule has 0 spiro atoms. The summed E-state index contributed by atoms with van der Waals surface area (Å²) in [5.41, 5.74) is -1.32. The number of hydrogen-bond acceptors (Lipinski definition) is 4. The lowest BCUT2D eigenvalue weighted by atomic mass is 10.1. The van der Waals surface area contributed by atoms with Crippen LogP contribution in [0, 0.1) is 0 Å². The van der Waals surface area contributed by atoms with Crippen LogP contribution >= 0.6 is 34.8 Å². The van der Waals surface area contributed by atoms with Gasteiger partial charge in [-0.05, 0) is 54.4 Å². The number of amides is 2. The highest BCUT2D eigenvalue weighted by Crippen LogP contribution is 2.37. The van der Waals surface area contributed by atoms with Crippen molar-refractivity contribution >= 4 is 62.3 Å². The van der Waals surface area contributed by atoms with Crippen LogP contribution in [0.2, 0.25) is 15.1 Å². The van der Waals surface area contributed by atoms with E-state index in [9.17, 15) is 31.2 Å². The van der Waals surface area contributed by atoms with E-state index < -0.39 is 51.9 Å². The third kappa shape index (κ3) is 7.65. The summed E-state index contributed by atoms with van der Waals surface area (Å²) in [6.07, 6.45) is -4.69. The normalized spacial score (nSPS) is 12.5. The fourth-order valence-corrected chi connectivity index (χ4v) is 6.22. The van der Waals surface area contributed by atoms with Crippen molar-refractivity contribution < 1.29 is 31.2 Å². The highest BCUT2D eigenvalue weighted by atomic mass is 35.5. The van der Waals surface area contributed by atoms with Crippen molar-refractivity contribution in [2.45, 2.75) is 37.0 Å². The summed E-state index contributed by atoms with van der Waals surface area (Å²) in [6.45, 7) is 0.444. The summed E-state index contributed by atoms with van der Waals surface area (Å²) >= 11 is 18.5. The van der Waals surface area contributed by atoms with Crippen LogP contribution in [0.4, 0.5) is 18.9 Å². The third-order valence-corrected chi connectivity index (χ3v) is 8.82. The Labute approximate surface area is 250 Å². The number of nitrogens with one attached hydrogen (secondary N) is 1. The van der Waals surface area contributed by atoms with E-state index in [1.165, 1.54) is 43.4 Å². The molecule has 7 nitrogen and oxygen atoms in total. The molecule has 0 bridgehead atoms. The second-order valence-electron chi connectivity index (χ2n) is 8.78. The quantitative estimate of drug-likeness (QED) is 0.275. The molecule has 0 aromatic heterocycles. The molecule has 3 aromatic carbocycles. The van der Waals surface area contributed by atoms with Crippen LogP contribution in [0.25, 0.3) is 0 Å². The summed E-state index contributed by atoms with van der Waals surface area (Å²) in [6, 6.07) is 12.5. The zero-order valence-electron chi connectivity index (χ0n) is 21.8. The molecular formula is C27H25Cl3F3N3O4S. The van der Waals surface area contributed by atoms with Gasteiger partial charge < -0.3 is 10.2 Å². The van der Waals surface area contributed by atoms with Gasteiger partial charge in [-0.2, -0.15) is 13.2 Å². The molecule has 1 N–H and O–H groups in total. The smallest absolute Gasteiger partial charge is 0.357 e. The molecule has 0 aliphatic carbocycles. The Morgan fingerprint density at radius 1 is 0.951 bits per heavy atom. The molecule has 2 amide bonds. The van der Waals surface area contributed by atoms with Crippen molar-refractivity contribution in [2.24, 2.45) is 0 Å². The van der Waals surface area contributed by atoms with Crippen LogP contribution in [-0.2, 0) is 32.3 Å². The van der Waals surface area contributed by atoms with Gasteiger partial charge in [0, 0.05) is 23.6 Å². The number of halogens is 6. The minimum absolute atomic E-state index is 0.131. The Balaban J connectivity index is 2.17. The van der Waals surface area contributed by atoms with Crippen LogP contribution < -0.4 is 9.62 Å². The van der Waals surface area contributed by atoms with Gasteiger partial charge >= 0.3 is 6.18 Å². The van der Waals surface area contributed by atoms with E-state index in [0.29, 0.717) is 27.0 Å². The number of nitrogens with zero attached hydrogens (tertiary/aromatic N) is 2. The fraction of sp³-hybridized carbons (Fsp3) is 0.259. The minimum Gasteiger partial charge on any atom is -0.357 e. The number of hydrogen-bond donors (Lipinski definition) is 1. The van der Waals surface area contributed by atoms with Crippen LogP contribution in [-0.4, -0.2) is 44.8 Å². The van der Waals surface area contributed by atoms with Gasteiger partial charge in [0.15, 0.2) is 0 Å². The molecule has 0 unspecified atom stereocenters. The van der Waals surface area contributed by atoms with Gasteiger partial charge in [-0.3, -0.25) is 13.9 Å². The molecule has 0 saturated heterocycles. The average molecular weight is 651 g/mol. The topological polar surface area (TPSA) is 86.8 Å². The Morgan fingerprint density at radius 2 is 1.61 bits per heavy atom. The lowest BCUT2D eigenvalue weighted by Crippen LogP contribution is -2.51. The number of rotatable bonds is 10. The lowest BCUT2D eigenvalue weighted by Gasteiger charge is -2.33. The van der Waals surface area contributed by atoms with Gasteiger partial charge in [-0.15, -0.1) is 0 Å². The second-order valence-corrected chi connectivity index (χ2v) is 11.9. The maximum atomic E-state index is 13.9. The molecule has 41 heavy (non-hydrogen) atoms. The SMILES string of the molecule is CC[C@H](C(=O)NC)N(Cc1ccc(Cl)cc1Cl)C(=O)CN(c1cc(C(F)(F)F)ccc1Cl)S(=O)(=O)c1ccccc1. The Kier molecular flexibility index (Phi) is 10.6. The molecule has 220 valence electrons. The van der Waals surface area contributed by atoms with E-state index in [1.54, 1.807) is 19.1 Å². The number of carbonyl (C=O) groups is 2. The van der Waals surface area contributed by atoms with Crippen molar-refractivity contribution in [1.82, 2.24) is 10.2 Å². The molecule has 3 aromatic rings. The minimum atomic E-state index is -4.82. The van der Waals surface area contributed by atoms with Gasteiger partial charge in [0.25, 0.3) is 10.0 Å². The monoisotopic (exact) mass is 649 g/mol. The van der Waals surface area contributed by atoms with Crippen molar-refractivity contribution in [3.05, 3.63) is 92.9 Å². The Morgan fingerprint density at radius 3 is 2.17 bits per heavy atom. The Hall–Kier alpha value is -2.99. The number of sulfonamides is 1. The second kappa shape index (κ2) is 13.3. The standard InChI is InChI=1S/C27H25Cl3F3N3O4S/c1-3-23(26(38)34-2)35(15-17-9-11-19(28)14-22(17)30)25(37)16-36(41(39,40)20-7-5-4-6-8-20)24-13-18(27(31,32)33)10-12-21(24)29/h4-14,23H,3,15-16H2,1-2H3,(H,34,38)/t23-/m1/s1. The van der Waals surface area contributed by atoms with Crippen LogP contribution in [0.3, 0.4) is 0 Å². The zero-order chi connectivity index (χ0) is 30.5. The molecule has 14 heteroatoms. The van der Waals surface area contributed by atoms with Crippen molar-refractivity contribution in [3.8, 4) is 0 Å². The number of anilines is 1. The predicted molar refractivity (Wildman–Crippen MR) is 153 cm³/mol. The van der Waals surface area contributed by atoms with Gasteiger partial charge in [-0.1, -0.05) is 66.0 Å². The summed E-state index contributed by atoms with van der Waals surface area (Å²) < 4.78 is 68.9. The highest BCUT2D eigenvalue weighted by molar-refractivity contribution is 7.92.